The summed E-state index contributed by atoms with van der Waals surface area (Å²) in [4.78, 5) is 29.2. The summed E-state index contributed by atoms with van der Waals surface area (Å²) in [7, 11) is 1.65. The minimum atomic E-state index is -0.402. The van der Waals surface area contributed by atoms with Gasteiger partial charge >= 0.3 is 0 Å². The number of methoxy groups -OCH3 is 1. The second-order valence-corrected chi connectivity index (χ2v) is 6.89. The van der Waals surface area contributed by atoms with Crippen molar-refractivity contribution in [3.8, 4) is 11.8 Å². The maximum absolute atomic E-state index is 12.8. The molecule has 0 bridgehead atoms. The molecule has 0 unspecified atom stereocenters. The molecule has 0 aliphatic carbocycles. The third-order valence-electron chi connectivity index (χ3n) is 5.17. The first-order chi connectivity index (χ1) is 13.5. The monoisotopic (exact) mass is 380 g/mol. The average molecular weight is 380 g/mol. The van der Waals surface area contributed by atoms with E-state index in [9.17, 15) is 14.9 Å². The van der Waals surface area contributed by atoms with Crippen LogP contribution in [0.3, 0.4) is 0 Å². The van der Waals surface area contributed by atoms with E-state index in [2.05, 4.69) is 4.90 Å². The van der Waals surface area contributed by atoms with Gasteiger partial charge < -0.3 is 19.1 Å². The molecule has 1 aliphatic rings. The Morgan fingerprint density at radius 1 is 1.18 bits per heavy atom. The quantitative estimate of drug-likeness (QED) is 0.807. The maximum atomic E-state index is 12.8. The van der Waals surface area contributed by atoms with Gasteiger partial charge in [-0.2, -0.15) is 5.26 Å². The molecule has 3 rings (SSSR count). The van der Waals surface area contributed by atoms with Gasteiger partial charge in [-0.15, -0.1) is 0 Å². The minimum absolute atomic E-state index is 0.0473. The van der Waals surface area contributed by atoms with Gasteiger partial charge in [-0.1, -0.05) is 12.1 Å². The number of nitrogens with zero attached hydrogens (tertiary/aromatic N) is 4. The van der Waals surface area contributed by atoms with E-state index >= 15 is 0 Å². The number of ether oxygens (including phenoxy) is 1. The Labute approximate surface area is 164 Å². The highest BCUT2D eigenvalue weighted by Crippen LogP contribution is 2.28. The first kappa shape index (κ1) is 19.5. The molecular weight excluding hydrogens is 356 g/mol. The number of pyridine rings is 1. The highest BCUT2D eigenvalue weighted by atomic mass is 16.5. The van der Waals surface area contributed by atoms with Gasteiger partial charge in [0.2, 0.25) is 5.91 Å². The number of para-hydroxylation sites is 2. The topological polar surface area (TPSA) is 78.6 Å². The van der Waals surface area contributed by atoms with Gasteiger partial charge in [0.25, 0.3) is 5.56 Å². The summed E-state index contributed by atoms with van der Waals surface area (Å²) in [5.74, 6) is 0.700. The van der Waals surface area contributed by atoms with Crippen LogP contribution in [0.25, 0.3) is 0 Å². The molecule has 146 valence electrons. The van der Waals surface area contributed by atoms with Crippen LogP contribution in [-0.2, 0) is 11.3 Å². The van der Waals surface area contributed by atoms with Crippen molar-refractivity contribution in [3.63, 3.8) is 0 Å². The lowest BCUT2D eigenvalue weighted by molar-refractivity contribution is -0.132. The molecule has 1 amide bonds. The molecule has 2 heterocycles. The Balaban J connectivity index is 1.70. The summed E-state index contributed by atoms with van der Waals surface area (Å²) < 4.78 is 6.81. The Hall–Kier alpha value is -3.27. The smallest absolute Gasteiger partial charge is 0.269 e. The van der Waals surface area contributed by atoms with Crippen LogP contribution in [0.15, 0.2) is 35.1 Å². The number of aromatic nitrogens is 1. The van der Waals surface area contributed by atoms with E-state index < -0.39 is 5.56 Å². The van der Waals surface area contributed by atoms with Crippen LogP contribution in [0.1, 0.15) is 16.8 Å². The van der Waals surface area contributed by atoms with Crippen LogP contribution in [0.5, 0.6) is 5.75 Å². The Kier molecular flexibility index (Phi) is 5.69. The number of piperazine rings is 1. The van der Waals surface area contributed by atoms with Crippen molar-refractivity contribution in [2.75, 3.05) is 38.2 Å². The molecule has 1 aromatic heterocycles. The summed E-state index contributed by atoms with van der Waals surface area (Å²) in [6.07, 6.45) is 0. The maximum Gasteiger partial charge on any atom is 0.269 e. The molecule has 0 N–H and O–H groups in total. The largest absolute Gasteiger partial charge is 0.495 e. The van der Waals surface area contributed by atoms with E-state index in [0.29, 0.717) is 37.4 Å². The van der Waals surface area contributed by atoms with Crippen molar-refractivity contribution in [1.82, 2.24) is 9.47 Å². The van der Waals surface area contributed by atoms with Gasteiger partial charge in [0.1, 0.15) is 23.9 Å². The summed E-state index contributed by atoms with van der Waals surface area (Å²) in [6.45, 7) is 5.99. The Morgan fingerprint density at radius 2 is 1.86 bits per heavy atom. The summed E-state index contributed by atoms with van der Waals surface area (Å²) >= 11 is 0. The van der Waals surface area contributed by atoms with Crippen molar-refractivity contribution < 1.29 is 9.53 Å². The number of carbonyl (C=O) groups is 1. The van der Waals surface area contributed by atoms with Crippen molar-refractivity contribution >= 4 is 11.6 Å². The Morgan fingerprint density at radius 3 is 2.50 bits per heavy atom. The van der Waals surface area contributed by atoms with Gasteiger partial charge in [0.15, 0.2) is 0 Å². The number of anilines is 1. The molecule has 1 aromatic carbocycles. The lowest BCUT2D eigenvalue weighted by Crippen LogP contribution is -2.50. The van der Waals surface area contributed by atoms with E-state index in [1.807, 2.05) is 30.3 Å². The molecule has 7 heteroatoms. The van der Waals surface area contributed by atoms with Gasteiger partial charge in [-0.05, 0) is 37.6 Å². The fourth-order valence-corrected chi connectivity index (χ4v) is 3.58. The third kappa shape index (κ3) is 3.72. The first-order valence-corrected chi connectivity index (χ1v) is 9.23. The highest BCUT2D eigenvalue weighted by molar-refractivity contribution is 5.76. The van der Waals surface area contributed by atoms with Crippen molar-refractivity contribution in [1.29, 1.82) is 5.26 Å². The summed E-state index contributed by atoms with van der Waals surface area (Å²) in [6, 6.07) is 11.5. The molecule has 7 nitrogen and oxygen atoms in total. The molecule has 0 saturated carbocycles. The predicted octanol–water partition coefficient (Wildman–Crippen LogP) is 1.69. The zero-order valence-electron chi connectivity index (χ0n) is 16.4. The summed E-state index contributed by atoms with van der Waals surface area (Å²) in [5, 5.41) is 9.20. The third-order valence-corrected chi connectivity index (χ3v) is 5.17. The van der Waals surface area contributed by atoms with Gasteiger partial charge in [0, 0.05) is 31.9 Å². The molecule has 28 heavy (non-hydrogen) atoms. The predicted molar refractivity (Wildman–Crippen MR) is 107 cm³/mol. The fourth-order valence-electron chi connectivity index (χ4n) is 3.58. The number of benzene rings is 1. The SMILES string of the molecule is COc1ccccc1N1CCN(C(=O)Cn2c(C)cc(C)c(C#N)c2=O)CC1. The van der Waals surface area contributed by atoms with E-state index in [1.54, 1.807) is 31.9 Å². The lowest BCUT2D eigenvalue weighted by atomic mass is 10.1. The molecule has 1 aliphatic heterocycles. The second-order valence-electron chi connectivity index (χ2n) is 6.89. The van der Waals surface area contributed by atoms with Crippen molar-refractivity contribution in [2.45, 2.75) is 20.4 Å². The van der Waals surface area contributed by atoms with Gasteiger partial charge in [-0.3, -0.25) is 9.59 Å². The number of rotatable bonds is 4. The number of hydrogen-bond donors (Lipinski definition) is 0. The van der Waals surface area contributed by atoms with E-state index in [1.165, 1.54) is 4.57 Å². The van der Waals surface area contributed by atoms with E-state index in [0.717, 1.165) is 11.4 Å². The van der Waals surface area contributed by atoms with Crippen LogP contribution < -0.4 is 15.2 Å². The molecular formula is C21H24N4O3. The fraction of sp³-hybridized carbons (Fsp3) is 0.381. The van der Waals surface area contributed by atoms with Crippen LogP contribution in [0.4, 0.5) is 5.69 Å². The Bertz CT molecular complexity index is 982. The van der Waals surface area contributed by atoms with Crippen LogP contribution >= 0.6 is 0 Å². The lowest BCUT2D eigenvalue weighted by Gasteiger charge is -2.36. The number of aryl methyl sites for hydroxylation is 2. The van der Waals surface area contributed by atoms with Crippen LogP contribution in [0.2, 0.25) is 0 Å². The van der Waals surface area contributed by atoms with Crippen molar-refractivity contribution in [2.24, 2.45) is 0 Å². The van der Waals surface area contributed by atoms with Gasteiger partial charge in [0.05, 0.1) is 12.8 Å². The van der Waals surface area contributed by atoms with Crippen LogP contribution in [0, 0.1) is 25.2 Å². The number of carbonyl (C=O) groups excluding carboxylic acids is 1. The van der Waals surface area contributed by atoms with E-state index in [4.69, 9.17) is 4.74 Å². The average Bonchev–Trinajstić information content (AvgIpc) is 2.71. The van der Waals surface area contributed by atoms with Gasteiger partial charge in [-0.25, -0.2) is 0 Å². The first-order valence-electron chi connectivity index (χ1n) is 9.23. The molecule has 0 spiro atoms. The van der Waals surface area contributed by atoms with E-state index in [-0.39, 0.29) is 18.0 Å². The molecule has 0 atom stereocenters. The standard InChI is InChI=1S/C21H24N4O3/c1-15-12-16(2)25(21(27)17(15)13-22)14-20(26)24-10-8-23(9-11-24)18-6-4-5-7-19(18)28-3/h4-7,12H,8-11,14H2,1-3H3. The highest BCUT2D eigenvalue weighted by Gasteiger charge is 2.24. The molecule has 0 radical (unpaired) electrons. The molecule has 1 fully saturated rings. The molecule has 1 saturated heterocycles. The number of hydrogen-bond acceptors (Lipinski definition) is 5. The molecule has 2 aromatic rings. The number of nitriles is 1. The zero-order chi connectivity index (χ0) is 20.3. The zero-order valence-corrected chi connectivity index (χ0v) is 16.4. The normalized spacial score (nSPS) is 13.9. The minimum Gasteiger partial charge on any atom is -0.495 e. The van der Waals surface area contributed by atoms with Crippen molar-refractivity contribution in [3.05, 3.63) is 57.5 Å². The number of amides is 1. The second kappa shape index (κ2) is 8.17. The summed E-state index contributed by atoms with van der Waals surface area (Å²) in [5.41, 5.74) is 2.03. The van der Waals surface area contributed by atoms with Crippen LogP contribution in [-0.4, -0.2) is 48.7 Å².